The number of hydrogen-bond acceptors (Lipinski definition) is 3. The van der Waals surface area contributed by atoms with Crippen LogP contribution in [0.2, 0.25) is 0 Å². The first kappa shape index (κ1) is 20.8. The number of aromatic hydroxyl groups is 1. The smallest absolute Gasteiger partial charge is 0.252 e. The fourth-order valence-electron chi connectivity index (χ4n) is 3.37. The van der Waals surface area contributed by atoms with Gasteiger partial charge in [-0.3, -0.25) is 4.79 Å². The second-order valence-corrected chi connectivity index (χ2v) is 8.30. The van der Waals surface area contributed by atoms with E-state index < -0.39 is 11.0 Å². The summed E-state index contributed by atoms with van der Waals surface area (Å²) in [6.07, 6.45) is 1.77. The summed E-state index contributed by atoms with van der Waals surface area (Å²) in [7, 11) is 0.352. The molecule has 8 heteroatoms. The van der Waals surface area contributed by atoms with Crippen LogP contribution in [0, 0.1) is 5.82 Å². The van der Waals surface area contributed by atoms with Crippen LogP contribution < -0.4 is 10.0 Å². The van der Waals surface area contributed by atoms with Crippen molar-refractivity contribution < 1.29 is 18.5 Å². The molecule has 3 N–H and O–H groups in total. The van der Waals surface area contributed by atoms with E-state index in [4.69, 9.17) is 0 Å². The molecule has 6 nitrogen and oxygen atoms in total. The van der Waals surface area contributed by atoms with Crippen LogP contribution in [0.5, 0.6) is 5.75 Å². The van der Waals surface area contributed by atoms with Gasteiger partial charge in [-0.15, -0.1) is 0 Å². The van der Waals surface area contributed by atoms with Crippen molar-refractivity contribution in [1.82, 2.24) is 14.6 Å². The topological polar surface area (TPSA) is 83.4 Å². The van der Waals surface area contributed by atoms with E-state index in [1.807, 2.05) is 0 Å². The Bertz CT molecular complexity index is 1270. The highest BCUT2D eigenvalue weighted by Crippen LogP contribution is 2.28. The molecule has 1 aromatic heterocycles. The summed E-state index contributed by atoms with van der Waals surface area (Å²) in [5.74, 6) is -0.715. The van der Waals surface area contributed by atoms with Gasteiger partial charge in [0.1, 0.15) is 22.6 Å². The molecule has 0 aliphatic carbocycles. The molecule has 0 aliphatic heterocycles. The second kappa shape index (κ2) is 8.71. The van der Waals surface area contributed by atoms with E-state index >= 15 is 0 Å². The van der Waals surface area contributed by atoms with Crippen molar-refractivity contribution in [1.29, 1.82) is 0 Å². The Kier molecular flexibility index (Phi) is 5.83. The predicted octanol–water partition coefficient (Wildman–Crippen LogP) is 3.65. The molecule has 0 saturated carbocycles. The number of rotatable bonds is 6. The van der Waals surface area contributed by atoms with E-state index in [0.29, 0.717) is 27.0 Å². The molecule has 1 heterocycles. The number of carbonyl (C=O) groups excluding carboxylic acids is 1. The number of halogens is 1. The lowest BCUT2D eigenvalue weighted by Crippen LogP contribution is -2.23. The van der Waals surface area contributed by atoms with E-state index in [9.17, 15) is 18.5 Å². The number of amides is 1. The lowest BCUT2D eigenvalue weighted by atomic mass is 10.1. The van der Waals surface area contributed by atoms with Crippen molar-refractivity contribution in [3.05, 3.63) is 89.9 Å². The largest absolute Gasteiger partial charge is 0.508 e. The van der Waals surface area contributed by atoms with Gasteiger partial charge in [-0.2, -0.15) is 0 Å². The third-order valence-electron chi connectivity index (χ3n) is 4.92. The minimum Gasteiger partial charge on any atom is -0.508 e. The highest BCUT2D eigenvalue weighted by molar-refractivity contribution is 7.83. The lowest BCUT2D eigenvalue weighted by Gasteiger charge is -2.10. The minimum atomic E-state index is -1.26. The number of phenols is 1. The van der Waals surface area contributed by atoms with Gasteiger partial charge in [0.05, 0.1) is 16.0 Å². The number of nitrogens with zero attached hydrogens (tertiary/aromatic N) is 1. The molecule has 0 fully saturated rings. The first-order chi connectivity index (χ1) is 15.0. The summed E-state index contributed by atoms with van der Waals surface area (Å²) in [5, 5.41) is 13.7. The van der Waals surface area contributed by atoms with Crippen LogP contribution in [-0.2, 0) is 17.5 Å². The Morgan fingerprint density at radius 2 is 1.77 bits per heavy atom. The van der Waals surface area contributed by atoms with Crippen molar-refractivity contribution in [3.63, 3.8) is 0 Å². The zero-order valence-corrected chi connectivity index (χ0v) is 17.4. The van der Waals surface area contributed by atoms with Crippen LogP contribution in [-0.4, -0.2) is 26.8 Å². The summed E-state index contributed by atoms with van der Waals surface area (Å²) < 4.78 is 29.5. The van der Waals surface area contributed by atoms with Crippen LogP contribution >= 0.6 is 0 Å². The number of phenolic OH excluding ortho intramolecular Hbond substituents is 1. The highest BCUT2D eigenvalue weighted by atomic mass is 32.2. The second-order valence-electron chi connectivity index (χ2n) is 6.89. The van der Waals surface area contributed by atoms with Crippen LogP contribution in [0.1, 0.15) is 15.9 Å². The minimum absolute atomic E-state index is 0.0430. The number of carbonyl (C=O) groups is 1. The normalized spacial score (nSPS) is 12.1. The monoisotopic (exact) mass is 437 g/mol. The summed E-state index contributed by atoms with van der Waals surface area (Å²) in [4.78, 5) is 13.5. The van der Waals surface area contributed by atoms with Crippen molar-refractivity contribution in [3.8, 4) is 11.4 Å². The van der Waals surface area contributed by atoms with Crippen LogP contribution in [0.3, 0.4) is 0 Å². The maximum absolute atomic E-state index is 13.3. The maximum Gasteiger partial charge on any atom is 0.252 e. The zero-order chi connectivity index (χ0) is 22.0. The summed E-state index contributed by atoms with van der Waals surface area (Å²) in [6, 6.07) is 17.8. The van der Waals surface area contributed by atoms with Crippen molar-refractivity contribution in [2.45, 2.75) is 11.4 Å². The van der Waals surface area contributed by atoms with Crippen molar-refractivity contribution >= 4 is 27.8 Å². The summed E-state index contributed by atoms with van der Waals surface area (Å²) in [6.45, 7) is 0.279. The Hall–Kier alpha value is -3.49. The van der Waals surface area contributed by atoms with Gasteiger partial charge in [-0.05, 0) is 61.1 Å². The van der Waals surface area contributed by atoms with E-state index in [2.05, 4.69) is 10.0 Å². The van der Waals surface area contributed by atoms with Crippen LogP contribution in [0.25, 0.3) is 16.6 Å². The number of benzene rings is 3. The molecule has 4 aromatic rings. The highest BCUT2D eigenvalue weighted by Gasteiger charge is 2.15. The first-order valence-corrected chi connectivity index (χ1v) is 10.7. The number of hydrogen-bond donors (Lipinski definition) is 3. The molecular formula is C23H20FN3O3S. The Balaban J connectivity index is 1.58. The number of fused-ring (bicyclic) bond motifs is 1. The van der Waals surface area contributed by atoms with Crippen LogP contribution in [0.15, 0.2) is 77.8 Å². The maximum atomic E-state index is 13.3. The van der Waals surface area contributed by atoms with Gasteiger partial charge in [0, 0.05) is 29.9 Å². The molecule has 1 unspecified atom stereocenters. The standard InChI is InChI=1S/C23H20FN3O3S/c1-25-31(30)19-8-2-15(3-9-19)14-26-23(29)21-12-18(28)13-22-20(21)10-11-27(22)17-6-4-16(24)5-7-17/h2-13,25,28H,14H2,1H3,(H,26,29). The molecule has 31 heavy (non-hydrogen) atoms. The molecule has 0 aliphatic rings. The molecule has 158 valence electrons. The van der Waals surface area contributed by atoms with E-state index in [1.165, 1.54) is 18.2 Å². The average molecular weight is 437 g/mol. The third kappa shape index (κ3) is 4.35. The first-order valence-electron chi connectivity index (χ1n) is 9.52. The van der Waals surface area contributed by atoms with Gasteiger partial charge < -0.3 is 15.0 Å². The molecule has 1 atom stereocenters. The summed E-state index contributed by atoms with van der Waals surface area (Å²) in [5.41, 5.74) is 2.54. The molecule has 3 aromatic carbocycles. The summed E-state index contributed by atoms with van der Waals surface area (Å²) >= 11 is 0. The quantitative estimate of drug-likeness (QED) is 0.431. The van der Waals surface area contributed by atoms with Gasteiger partial charge in [0.25, 0.3) is 5.91 Å². The average Bonchev–Trinajstić information content (AvgIpc) is 3.21. The molecule has 0 spiro atoms. The number of aromatic nitrogens is 1. The fraction of sp³-hybridized carbons (Fsp3) is 0.0870. The Morgan fingerprint density at radius 3 is 2.45 bits per heavy atom. The SMILES string of the molecule is CNS(=O)c1ccc(CNC(=O)c2cc(O)cc3c2ccn3-c2ccc(F)cc2)cc1. The van der Waals surface area contributed by atoms with E-state index in [1.54, 1.807) is 66.3 Å². The van der Waals surface area contributed by atoms with Gasteiger partial charge in [0.2, 0.25) is 0 Å². The molecule has 0 bridgehead atoms. The van der Waals surface area contributed by atoms with Gasteiger partial charge in [0.15, 0.2) is 0 Å². The molecular weight excluding hydrogens is 417 g/mol. The third-order valence-corrected chi connectivity index (χ3v) is 5.99. The lowest BCUT2D eigenvalue weighted by molar-refractivity contribution is 0.0952. The van der Waals surface area contributed by atoms with E-state index in [-0.39, 0.29) is 24.0 Å². The zero-order valence-electron chi connectivity index (χ0n) is 16.6. The van der Waals surface area contributed by atoms with Crippen LogP contribution in [0.4, 0.5) is 4.39 Å². The molecule has 4 rings (SSSR count). The predicted molar refractivity (Wildman–Crippen MR) is 118 cm³/mol. The van der Waals surface area contributed by atoms with Crippen molar-refractivity contribution in [2.75, 3.05) is 7.05 Å². The number of nitrogens with one attached hydrogen (secondary N) is 2. The van der Waals surface area contributed by atoms with Gasteiger partial charge in [-0.25, -0.2) is 13.3 Å². The van der Waals surface area contributed by atoms with Crippen molar-refractivity contribution in [2.24, 2.45) is 0 Å². The van der Waals surface area contributed by atoms with Gasteiger partial charge >= 0.3 is 0 Å². The van der Waals surface area contributed by atoms with E-state index in [0.717, 1.165) is 5.56 Å². The fourth-order valence-corrected chi connectivity index (χ4v) is 3.99. The molecule has 0 radical (unpaired) electrons. The molecule has 1 amide bonds. The molecule has 0 saturated heterocycles. The Labute approximate surface area is 180 Å². The van der Waals surface area contributed by atoms with Gasteiger partial charge in [-0.1, -0.05) is 12.1 Å². The Morgan fingerprint density at radius 1 is 1.06 bits per heavy atom.